The first kappa shape index (κ1) is 12.4. The van der Waals surface area contributed by atoms with Crippen LogP contribution in [0.1, 0.15) is 32.6 Å². The van der Waals surface area contributed by atoms with Gasteiger partial charge in [0.15, 0.2) is 0 Å². The number of carbonyl (C=O) groups is 1. The van der Waals surface area contributed by atoms with Gasteiger partial charge in [0, 0.05) is 0 Å². The average molecular weight is 188 g/mol. The molecule has 0 aromatic heterocycles. The highest BCUT2D eigenvalue weighted by Crippen LogP contribution is 2.00. The maximum absolute atomic E-state index is 11.1. The lowest BCUT2D eigenvalue weighted by molar-refractivity contribution is -0.145. The van der Waals surface area contributed by atoms with Gasteiger partial charge >= 0.3 is 5.97 Å². The van der Waals surface area contributed by atoms with Crippen LogP contribution in [-0.4, -0.2) is 25.2 Å². The Kier molecular flexibility index (Phi) is 7.63. The fourth-order valence-corrected chi connectivity index (χ4v) is 0.936. The molecule has 0 saturated heterocycles. The van der Waals surface area contributed by atoms with Gasteiger partial charge in [-0.2, -0.15) is 0 Å². The number of carbonyl (C=O) groups excluding carboxylic acids is 1. The fraction of sp³-hybridized carbons (Fsp3) is 0.889. The predicted octanol–water partition coefficient (Wildman–Crippen LogP) is 0.396. The zero-order chi connectivity index (χ0) is 10.1. The number of unbranched alkanes of at least 4 members (excludes halogenated alkanes) is 1. The molecular formula is C9H20N2O2. The number of rotatable bonds is 7. The van der Waals surface area contributed by atoms with Crippen LogP contribution in [0, 0.1) is 0 Å². The van der Waals surface area contributed by atoms with Crippen molar-refractivity contribution in [2.24, 2.45) is 11.5 Å². The highest BCUT2D eigenvalue weighted by molar-refractivity contribution is 5.75. The Morgan fingerprint density at radius 1 is 1.46 bits per heavy atom. The number of hydrogen-bond acceptors (Lipinski definition) is 4. The second kappa shape index (κ2) is 8.01. The molecule has 0 heterocycles. The summed E-state index contributed by atoms with van der Waals surface area (Å²) in [6, 6.07) is -0.474. The van der Waals surface area contributed by atoms with Crippen LogP contribution in [0.15, 0.2) is 0 Å². The molecule has 4 heteroatoms. The van der Waals surface area contributed by atoms with E-state index in [9.17, 15) is 4.79 Å². The van der Waals surface area contributed by atoms with Crippen molar-refractivity contribution in [1.29, 1.82) is 0 Å². The molecule has 0 aromatic carbocycles. The fourth-order valence-electron chi connectivity index (χ4n) is 0.936. The second-order valence-corrected chi connectivity index (χ2v) is 3.06. The smallest absolute Gasteiger partial charge is 0.322 e. The SMILES string of the molecule is CCCOC(=O)C(N)CCCCN. The lowest BCUT2D eigenvalue weighted by atomic mass is 10.1. The summed E-state index contributed by atoms with van der Waals surface area (Å²) in [5.74, 6) is -0.293. The van der Waals surface area contributed by atoms with Crippen molar-refractivity contribution in [1.82, 2.24) is 0 Å². The molecule has 0 aliphatic rings. The van der Waals surface area contributed by atoms with Crippen LogP contribution in [0.2, 0.25) is 0 Å². The average Bonchev–Trinajstić information content (AvgIpc) is 2.14. The molecule has 13 heavy (non-hydrogen) atoms. The van der Waals surface area contributed by atoms with Crippen LogP contribution < -0.4 is 11.5 Å². The summed E-state index contributed by atoms with van der Waals surface area (Å²) in [6.07, 6.45) is 3.30. The number of nitrogens with two attached hydrogens (primary N) is 2. The summed E-state index contributed by atoms with van der Waals surface area (Å²) in [4.78, 5) is 11.1. The summed E-state index contributed by atoms with van der Waals surface area (Å²) in [7, 11) is 0. The molecule has 0 radical (unpaired) electrons. The monoisotopic (exact) mass is 188 g/mol. The first-order valence-electron chi connectivity index (χ1n) is 4.84. The van der Waals surface area contributed by atoms with Gasteiger partial charge in [-0.15, -0.1) is 0 Å². The molecule has 1 atom stereocenters. The quantitative estimate of drug-likeness (QED) is 0.447. The minimum absolute atomic E-state index is 0.293. The van der Waals surface area contributed by atoms with Crippen LogP contribution in [0.5, 0.6) is 0 Å². The van der Waals surface area contributed by atoms with Gasteiger partial charge in [0.1, 0.15) is 6.04 Å². The van der Waals surface area contributed by atoms with Gasteiger partial charge in [0.05, 0.1) is 6.61 Å². The first-order valence-corrected chi connectivity index (χ1v) is 4.84. The van der Waals surface area contributed by atoms with Crippen LogP contribution in [0.25, 0.3) is 0 Å². The van der Waals surface area contributed by atoms with E-state index in [1.807, 2.05) is 6.92 Å². The van der Waals surface area contributed by atoms with Crippen molar-refractivity contribution in [2.75, 3.05) is 13.2 Å². The zero-order valence-corrected chi connectivity index (χ0v) is 8.29. The summed E-state index contributed by atoms with van der Waals surface area (Å²) < 4.78 is 4.89. The molecule has 0 fully saturated rings. The molecule has 0 rings (SSSR count). The lowest BCUT2D eigenvalue weighted by Crippen LogP contribution is -2.32. The molecule has 4 N–H and O–H groups in total. The number of esters is 1. The molecule has 78 valence electrons. The summed E-state index contributed by atoms with van der Waals surface area (Å²) >= 11 is 0. The van der Waals surface area contributed by atoms with Crippen molar-refractivity contribution in [2.45, 2.75) is 38.6 Å². The van der Waals surface area contributed by atoms with E-state index in [0.29, 0.717) is 19.6 Å². The molecule has 0 aliphatic heterocycles. The molecule has 0 aliphatic carbocycles. The van der Waals surface area contributed by atoms with Crippen LogP contribution in [0.3, 0.4) is 0 Å². The molecule has 4 nitrogen and oxygen atoms in total. The Morgan fingerprint density at radius 3 is 2.69 bits per heavy atom. The van der Waals surface area contributed by atoms with Crippen LogP contribution in [-0.2, 0) is 9.53 Å². The number of hydrogen-bond donors (Lipinski definition) is 2. The highest BCUT2D eigenvalue weighted by atomic mass is 16.5. The van der Waals surface area contributed by atoms with Gasteiger partial charge in [0.25, 0.3) is 0 Å². The van der Waals surface area contributed by atoms with Gasteiger partial charge in [-0.25, -0.2) is 0 Å². The maximum Gasteiger partial charge on any atom is 0.322 e. The van der Waals surface area contributed by atoms with Gasteiger partial charge in [0.2, 0.25) is 0 Å². The van der Waals surface area contributed by atoms with E-state index in [4.69, 9.17) is 16.2 Å². The van der Waals surface area contributed by atoms with Crippen molar-refractivity contribution in [3.05, 3.63) is 0 Å². The van der Waals surface area contributed by atoms with Crippen LogP contribution >= 0.6 is 0 Å². The first-order chi connectivity index (χ1) is 6.22. The third-order valence-corrected chi connectivity index (χ3v) is 1.72. The van der Waals surface area contributed by atoms with E-state index in [1.54, 1.807) is 0 Å². The molecule has 0 bridgehead atoms. The third kappa shape index (κ3) is 6.54. The van der Waals surface area contributed by atoms with Crippen LogP contribution in [0.4, 0.5) is 0 Å². The van der Waals surface area contributed by atoms with E-state index < -0.39 is 6.04 Å². The van der Waals surface area contributed by atoms with Gasteiger partial charge < -0.3 is 16.2 Å². The summed E-state index contributed by atoms with van der Waals surface area (Å²) in [6.45, 7) is 3.06. The van der Waals surface area contributed by atoms with E-state index in [1.165, 1.54) is 0 Å². The van der Waals surface area contributed by atoms with Gasteiger partial charge in [-0.1, -0.05) is 13.3 Å². The predicted molar refractivity (Wildman–Crippen MR) is 52.1 cm³/mol. The molecule has 0 aromatic rings. The van der Waals surface area contributed by atoms with Gasteiger partial charge in [-0.3, -0.25) is 4.79 Å². The Balaban J connectivity index is 3.45. The molecular weight excluding hydrogens is 168 g/mol. The van der Waals surface area contributed by atoms with Crippen molar-refractivity contribution in [3.63, 3.8) is 0 Å². The second-order valence-electron chi connectivity index (χ2n) is 3.06. The maximum atomic E-state index is 11.1. The van der Waals surface area contributed by atoms with E-state index in [2.05, 4.69) is 0 Å². The molecule has 0 spiro atoms. The highest BCUT2D eigenvalue weighted by Gasteiger charge is 2.13. The zero-order valence-electron chi connectivity index (χ0n) is 8.29. The normalized spacial score (nSPS) is 12.5. The Labute approximate surface area is 79.6 Å². The van der Waals surface area contributed by atoms with Crippen molar-refractivity contribution < 1.29 is 9.53 Å². The van der Waals surface area contributed by atoms with Gasteiger partial charge in [-0.05, 0) is 25.8 Å². The summed E-state index contributed by atoms with van der Waals surface area (Å²) in [5, 5.41) is 0. The number of ether oxygens (including phenoxy) is 1. The Morgan fingerprint density at radius 2 is 2.15 bits per heavy atom. The van der Waals surface area contributed by atoms with Crippen molar-refractivity contribution >= 4 is 5.97 Å². The van der Waals surface area contributed by atoms with E-state index >= 15 is 0 Å². The largest absolute Gasteiger partial charge is 0.465 e. The van der Waals surface area contributed by atoms with E-state index in [-0.39, 0.29) is 5.97 Å². The standard InChI is InChI=1S/C9H20N2O2/c1-2-7-13-9(12)8(11)5-3-4-6-10/h8H,2-7,10-11H2,1H3. The lowest BCUT2D eigenvalue weighted by Gasteiger charge is -2.10. The van der Waals surface area contributed by atoms with E-state index in [0.717, 1.165) is 19.3 Å². The minimum atomic E-state index is -0.474. The molecule has 1 unspecified atom stereocenters. The topological polar surface area (TPSA) is 78.3 Å². The molecule has 0 amide bonds. The van der Waals surface area contributed by atoms with Crippen molar-refractivity contribution in [3.8, 4) is 0 Å². The Bertz CT molecular complexity index is 140. The molecule has 0 saturated carbocycles. The Hall–Kier alpha value is -0.610. The minimum Gasteiger partial charge on any atom is -0.465 e. The third-order valence-electron chi connectivity index (χ3n) is 1.72. The summed E-state index contributed by atoms with van der Waals surface area (Å²) in [5.41, 5.74) is 10.9.